The lowest BCUT2D eigenvalue weighted by Gasteiger charge is -2.33. The zero-order chi connectivity index (χ0) is 16.2. The second-order valence-corrected chi connectivity index (χ2v) is 6.66. The number of hydrogen-bond donors (Lipinski definition) is 0. The van der Waals surface area contributed by atoms with Crippen molar-refractivity contribution in [1.82, 2.24) is 4.90 Å². The SMILES string of the molecule is CC1CCCN(c2cc(CN3CCOCC3)ccc2[N+](=O)[O-])C1. The van der Waals surface area contributed by atoms with Gasteiger partial charge in [0.25, 0.3) is 5.69 Å². The van der Waals surface area contributed by atoms with Crippen LogP contribution in [0, 0.1) is 16.0 Å². The topological polar surface area (TPSA) is 58.8 Å². The van der Waals surface area contributed by atoms with Gasteiger partial charge in [-0.25, -0.2) is 0 Å². The predicted octanol–water partition coefficient (Wildman–Crippen LogP) is 2.66. The molecule has 126 valence electrons. The smallest absolute Gasteiger partial charge is 0.292 e. The molecule has 6 heteroatoms. The number of benzene rings is 1. The van der Waals surface area contributed by atoms with E-state index >= 15 is 0 Å². The molecule has 3 rings (SSSR count). The molecular formula is C17H25N3O3. The van der Waals surface area contributed by atoms with Crippen molar-refractivity contribution in [1.29, 1.82) is 0 Å². The van der Waals surface area contributed by atoms with Gasteiger partial charge in [-0.2, -0.15) is 0 Å². The Bertz CT molecular complexity index is 558. The van der Waals surface area contributed by atoms with Crippen molar-refractivity contribution < 1.29 is 9.66 Å². The van der Waals surface area contributed by atoms with Gasteiger partial charge in [-0.05, 0) is 30.4 Å². The highest BCUT2D eigenvalue weighted by Crippen LogP contribution is 2.32. The fraction of sp³-hybridized carbons (Fsp3) is 0.647. The van der Waals surface area contributed by atoms with Gasteiger partial charge in [0.1, 0.15) is 5.69 Å². The molecule has 0 saturated carbocycles. The van der Waals surface area contributed by atoms with Crippen LogP contribution in [0.5, 0.6) is 0 Å². The Hall–Kier alpha value is -1.66. The summed E-state index contributed by atoms with van der Waals surface area (Å²) in [7, 11) is 0. The van der Waals surface area contributed by atoms with E-state index in [1.54, 1.807) is 6.07 Å². The highest BCUT2D eigenvalue weighted by atomic mass is 16.6. The second-order valence-electron chi connectivity index (χ2n) is 6.66. The zero-order valence-corrected chi connectivity index (χ0v) is 13.7. The number of nitro groups is 1. The van der Waals surface area contributed by atoms with E-state index < -0.39 is 0 Å². The third-order valence-electron chi connectivity index (χ3n) is 4.74. The van der Waals surface area contributed by atoms with Crippen molar-refractivity contribution in [2.24, 2.45) is 5.92 Å². The van der Waals surface area contributed by atoms with E-state index in [0.717, 1.165) is 63.6 Å². The molecule has 0 radical (unpaired) electrons. The molecule has 0 aliphatic carbocycles. The third-order valence-corrected chi connectivity index (χ3v) is 4.74. The molecule has 2 aliphatic heterocycles. The lowest BCUT2D eigenvalue weighted by atomic mass is 9.99. The highest BCUT2D eigenvalue weighted by molar-refractivity contribution is 5.64. The molecule has 1 aromatic rings. The molecule has 2 aliphatic rings. The average molecular weight is 319 g/mol. The number of nitro benzene ring substituents is 1. The Morgan fingerprint density at radius 2 is 2.09 bits per heavy atom. The molecular weight excluding hydrogens is 294 g/mol. The van der Waals surface area contributed by atoms with Gasteiger partial charge < -0.3 is 9.64 Å². The fourth-order valence-electron chi connectivity index (χ4n) is 3.50. The second kappa shape index (κ2) is 7.27. The maximum atomic E-state index is 11.4. The first-order valence-corrected chi connectivity index (χ1v) is 8.46. The quantitative estimate of drug-likeness (QED) is 0.631. The molecule has 0 N–H and O–H groups in total. The van der Waals surface area contributed by atoms with Crippen LogP contribution in [0.25, 0.3) is 0 Å². The van der Waals surface area contributed by atoms with Crippen LogP contribution in [0.1, 0.15) is 25.3 Å². The number of anilines is 1. The Balaban J connectivity index is 1.82. The summed E-state index contributed by atoms with van der Waals surface area (Å²) in [5.74, 6) is 0.589. The van der Waals surface area contributed by atoms with Crippen LogP contribution in [0.3, 0.4) is 0 Å². The molecule has 0 bridgehead atoms. The van der Waals surface area contributed by atoms with Crippen molar-refractivity contribution in [2.45, 2.75) is 26.3 Å². The number of morpholine rings is 1. The Kier molecular flexibility index (Phi) is 5.13. The van der Waals surface area contributed by atoms with Crippen LogP contribution in [-0.2, 0) is 11.3 Å². The van der Waals surface area contributed by atoms with Crippen LogP contribution in [-0.4, -0.2) is 49.2 Å². The summed E-state index contributed by atoms with van der Waals surface area (Å²) in [6.07, 6.45) is 2.31. The van der Waals surface area contributed by atoms with Gasteiger partial charge in [0.2, 0.25) is 0 Å². The maximum absolute atomic E-state index is 11.4. The lowest BCUT2D eigenvalue weighted by molar-refractivity contribution is -0.384. The molecule has 2 saturated heterocycles. The zero-order valence-electron chi connectivity index (χ0n) is 13.7. The summed E-state index contributed by atoms with van der Waals surface area (Å²) in [4.78, 5) is 15.7. The Labute approximate surface area is 137 Å². The minimum Gasteiger partial charge on any atom is -0.379 e. The van der Waals surface area contributed by atoms with E-state index in [1.807, 2.05) is 12.1 Å². The third kappa shape index (κ3) is 4.00. The van der Waals surface area contributed by atoms with Gasteiger partial charge >= 0.3 is 0 Å². The van der Waals surface area contributed by atoms with Crippen molar-refractivity contribution in [3.63, 3.8) is 0 Å². The maximum Gasteiger partial charge on any atom is 0.292 e. The summed E-state index contributed by atoms with van der Waals surface area (Å²) in [5.41, 5.74) is 2.16. The molecule has 2 heterocycles. The van der Waals surface area contributed by atoms with E-state index in [2.05, 4.69) is 16.7 Å². The van der Waals surface area contributed by atoms with Crippen LogP contribution in [0.4, 0.5) is 11.4 Å². The molecule has 0 spiro atoms. The standard InChI is InChI=1S/C17H25N3O3/c1-14-3-2-6-19(12-14)17-11-15(4-5-16(17)20(21)22)13-18-7-9-23-10-8-18/h4-5,11,14H,2-3,6-10,12-13H2,1H3. The van der Waals surface area contributed by atoms with E-state index in [0.29, 0.717) is 5.92 Å². The monoisotopic (exact) mass is 319 g/mol. The first-order valence-electron chi connectivity index (χ1n) is 8.46. The normalized spacial score (nSPS) is 23.0. The summed E-state index contributed by atoms with van der Waals surface area (Å²) in [6.45, 7) is 8.24. The van der Waals surface area contributed by atoms with Gasteiger partial charge in [-0.15, -0.1) is 0 Å². The van der Waals surface area contributed by atoms with Gasteiger partial charge in [-0.3, -0.25) is 15.0 Å². The predicted molar refractivity (Wildman–Crippen MR) is 89.8 cm³/mol. The minimum absolute atomic E-state index is 0.227. The van der Waals surface area contributed by atoms with Crippen molar-refractivity contribution >= 4 is 11.4 Å². The van der Waals surface area contributed by atoms with Gasteiger partial charge in [0, 0.05) is 38.8 Å². The number of rotatable bonds is 4. The van der Waals surface area contributed by atoms with E-state index in [-0.39, 0.29) is 10.6 Å². The number of ether oxygens (including phenoxy) is 1. The molecule has 0 amide bonds. The molecule has 0 aromatic heterocycles. The molecule has 1 atom stereocenters. The van der Waals surface area contributed by atoms with Crippen molar-refractivity contribution in [3.05, 3.63) is 33.9 Å². The molecule has 2 fully saturated rings. The first kappa shape index (κ1) is 16.2. The number of piperidine rings is 1. The Morgan fingerprint density at radius 3 is 2.78 bits per heavy atom. The van der Waals surface area contributed by atoms with E-state index in [9.17, 15) is 10.1 Å². The summed E-state index contributed by atoms with van der Waals surface area (Å²) in [6, 6.07) is 5.58. The van der Waals surface area contributed by atoms with E-state index in [4.69, 9.17) is 4.74 Å². The summed E-state index contributed by atoms with van der Waals surface area (Å²) < 4.78 is 5.38. The molecule has 6 nitrogen and oxygen atoms in total. The molecule has 1 unspecified atom stereocenters. The first-order chi connectivity index (χ1) is 11.1. The van der Waals surface area contributed by atoms with Crippen LogP contribution >= 0.6 is 0 Å². The largest absolute Gasteiger partial charge is 0.379 e. The number of hydrogen-bond acceptors (Lipinski definition) is 5. The highest BCUT2D eigenvalue weighted by Gasteiger charge is 2.24. The van der Waals surface area contributed by atoms with E-state index in [1.165, 1.54) is 6.42 Å². The van der Waals surface area contributed by atoms with Crippen LogP contribution in [0.15, 0.2) is 18.2 Å². The average Bonchev–Trinajstić information content (AvgIpc) is 2.55. The molecule has 1 aromatic carbocycles. The van der Waals surface area contributed by atoms with Crippen molar-refractivity contribution in [2.75, 3.05) is 44.3 Å². The van der Waals surface area contributed by atoms with Gasteiger partial charge in [0.15, 0.2) is 0 Å². The van der Waals surface area contributed by atoms with Crippen LogP contribution < -0.4 is 4.90 Å². The minimum atomic E-state index is -0.257. The Morgan fingerprint density at radius 1 is 1.30 bits per heavy atom. The summed E-state index contributed by atoms with van der Waals surface area (Å²) in [5, 5.41) is 11.4. The summed E-state index contributed by atoms with van der Waals surface area (Å²) >= 11 is 0. The molecule has 23 heavy (non-hydrogen) atoms. The fourth-order valence-corrected chi connectivity index (χ4v) is 3.50. The van der Waals surface area contributed by atoms with Crippen molar-refractivity contribution in [3.8, 4) is 0 Å². The lowest BCUT2D eigenvalue weighted by Crippen LogP contribution is -2.36. The number of nitrogens with zero attached hydrogens (tertiary/aromatic N) is 3. The van der Waals surface area contributed by atoms with Gasteiger partial charge in [0.05, 0.1) is 18.1 Å². The van der Waals surface area contributed by atoms with Gasteiger partial charge in [-0.1, -0.05) is 13.0 Å². The van der Waals surface area contributed by atoms with Crippen LogP contribution in [0.2, 0.25) is 0 Å².